The average Bonchev–Trinajstić information content (AvgIpc) is 2.80. The predicted molar refractivity (Wildman–Crippen MR) is 76.4 cm³/mol. The van der Waals surface area contributed by atoms with Crippen LogP contribution >= 0.6 is 11.3 Å². The molecule has 3 heterocycles. The lowest BCUT2D eigenvalue weighted by Crippen LogP contribution is -2.00. The molecule has 5 heteroatoms. The first kappa shape index (κ1) is 12.2. The number of thiazole rings is 1. The zero-order chi connectivity index (χ0) is 13.4. The molecular formula is C14H14N4S. The quantitative estimate of drug-likeness (QED) is 0.717. The first-order valence-corrected chi connectivity index (χ1v) is 6.98. The third-order valence-electron chi connectivity index (χ3n) is 3.04. The van der Waals surface area contributed by atoms with Gasteiger partial charge in [-0.25, -0.2) is 15.0 Å². The largest absolute Gasteiger partial charge is 0.259 e. The molecule has 0 aliphatic rings. The van der Waals surface area contributed by atoms with E-state index in [1.54, 1.807) is 17.5 Å². The molecule has 96 valence electrons. The number of pyridine rings is 1. The summed E-state index contributed by atoms with van der Waals surface area (Å²) in [5, 5.41) is 1.07. The van der Waals surface area contributed by atoms with E-state index in [0.29, 0.717) is 0 Å². The number of aryl methyl sites for hydroxylation is 2. The highest BCUT2D eigenvalue weighted by molar-refractivity contribution is 7.18. The molecular weight excluding hydrogens is 256 g/mol. The van der Waals surface area contributed by atoms with E-state index in [-0.39, 0.29) is 5.92 Å². The summed E-state index contributed by atoms with van der Waals surface area (Å²) < 4.78 is 1.18. The molecule has 0 amide bonds. The Morgan fingerprint density at radius 1 is 1.16 bits per heavy atom. The molecule has 0 spiro atoms. The molecule has 0 fully saturated rings. The van der Waals surface area contributed by atoms with Gasteiger partial charge in [-0.2, -0.15) is 0 Å². The summed E-state index contributed by atoms with van der Waals surface area (Å²) >= 11 is 1.71. The normalized spacial score (nSPS) is 12.8. The van der Waals surface area contributed by atoms with Crippen molar-refractivity contribution in [2.45, 2.75) is 26.7 Å². The number of hydrogen-bond donors (Lipinski definition) is 0. The second-order valence-corrected chi connectivity index (χ2v) is 5.66. The lowest BCUT2D eigenvalue weighted by Gasteiger charge is -2.07. The van der Waals surface area contributed by atoms with Crippen molar-refractivity contribution in [2.24, 2.45) is 0 Å². The molecule has 0 bridgehead atoms. The van der Waals surface area contributed by atoms with Crippen molar-refractivity contribution < 1.29 is 0 Å². The molecule has 0 aliphatic heterocycles. The van der Waals surface area contributed by atoms with Gasteiger partial charge in [-0.3, -0.25) is 4.98 Å². The predicted octanol–water partition coefficient (Wildman–Crippen LogP) is 3.25. The zero-order valence-corrected chi connectivity index (χ0v) is 11.9. The van der Waals surface area contributed by atoms with Crippen molar-refractivity contribution in [3.63, 3.8) is 0 Å². The third-order valence-corrected chi connectivity index (χ3v) is 4.24. The first-order chi connectivity index (χ1) is 9.13. The van der Waals surface area contributed by atoms with Crippen molar-refractivity contribution in [3.05, 3.63) is 46.7 Å². The maximum absolute atomic E-state index is 4.66. The standard InChI is InChI=1S/C14H14N4S/c1-8-6-13-12(7-16-8)18-14(19-13)9(2)11-4-5-15-10(3)17-11/h4-7,9H,1-3H3. The first-order valence-electron chi connectivity index (χ1n) is 6.16. The Morgan fingerprint density at radius 3 is 2.79 bits per heavy atom. The third kappa shape index (κ3) is 2.33. The highest BCUT2D eigenvalue weighted by Crippen LogP contribution is 2.30. The van der Waals surface area contributed by atoms with E-state index < -0.39 is 0 Å². The van der Waals surface area contributed by atoms with E-state index in [2.05, 4.69) is 32.9 Å². The Balaban J connectivity index is 2.04. The molecule has 3 aromatic heterocycles. The van der Waals surface area contributed by atoms with Gasteiger partial charge < -0.3 is 0 Å². The Bertz CT molecular complexity index is 735. The van der Waals surface area contributed by atoms with Crippen LogP contribution in [0.5, 0.6) is 0 Å². The summed E-state index contributed by atoms with van der Waals surface area (Å²) in [4.78, 5) is 17.6. The van der Waals surface area contributed by atoms with Gasteiger partial charge in [0.05, 0.1) is 28.0 Å². The fourth-order valence-electron chi connectivity index (χ4n) is 1.97. The van der Waals surface area contributed by atoms with Crippen LogP contribution in [0.4, 0.5) is 0 Å². The smallest absolute Gasteiger partial charge is 0.125 e. The minimum Gasteiger partial charge on any atom is -0.259 e. The SMILES string of the molecule is Cc1cc2sc(C(C)c3ccnc(C)n3)nc2cn1. The minimum atomic E-state index is 0.180. The highest BCUT2D eigenvalue weighted by atomic mass is 32.1. The molecule has 0 aromatic carbocycles. The molecule has 0 saturated carbocycles. The van der Waals surface area contributed by atoms with Gasteiger partial charge in [0.1, 0.15) is 10.8 Å². The zero-order valence-electron chi connectivity index (χ0n) is 11.1. The van der Waals surface area contributed by atoms with Crippen LogP contribution in [0.15, 0.2) is 24.5 Å². The van der Waals surface area contributed by atoms with Gasteiger partial charge in [-0.15, -0.1) is 11.3 Å². The van der Waals surface area contributed by atoms with Gasteiger partial charge >= 0.3 is 0 Å². The molecule has 0 aliphatic carbocycles. The average molecular weight is 270 g/mol. The lowest BCUT2D eigenvalue weighted by molar-refractivity contribution is 0.835. The van der Waals surface area contributed by atoms with E-state index in [4.69, 9.17) is 0 Å². The van der Waals surface area contributed by atoms with E-state index in [9.17, 15) is 0 Å². The van der Waals surface area contributed by atoms with Gasteiger partial charge in [0.15, 0.2) is 0 Å². The molecule has 1 unspecified atom stereocenters. The number of fused-ring (bicyclic) bond motifs is 1. The summed E-state index contributed by atoms with van der Waals surface area (Å²) in [6, 6.07) is 4.03. The van der Waals surface area contributed by atoms with E-state index in [1.807, 2.05) is 26.1 Å². The minimum absolute atomic E-state index is 0.180. The van der Waals surface area contributed by atoms with Crippen molar-refractivity contribution in [2.75, 3.05) is 0 Å². The Kier molecular flexibility index (Phi) is 2.98. The van der Waals surface area contributed by atoms with Crippen LogP contribution in [-0.4, -0.2) is 19.9 Å². The highest BCUT2D eigenvalue weighted by Gasteiger charge is 2.15. The molecule has 4 nitrogen and oxygen atoms in total. The molecule has 0 saturated heterocycles. The van der Waals surface area contributed by atoms with Crippen LogP contribution in [0.2, 0.25) is 0 Å². The van der Waals surface area contributed by atoms with Crippen molar-refractivity contribution >= 4 is 21.6 Å². The second kappa shape index (κ2) is 4.66. The van der Waals surface area contributed by atoms with Crippen molar-refractivity contribution in [1.82, 2.24) is 19.9 Å². The summed E-state index contributed by atoms with van der Waals surface area (Å²) in [7, 11) is 0. The van der Waals surface area contributed by atoms with Crippen LogP contribution in [-0.2, 0) is 0 Å². The number of nitrogens with zero attached hydrogens (tertiary/aromatic N) is 4. The molecule has 1 atom stereocenters. The monoisotopic (exact) mass is 270 g/mol. The molecule has 0 N–H and O–H groups in total. The van der Waals surface area contributed by atoms with Crippen LogP contribution in [0.25, 0.3) is 10.2 Å². The number of aromatic nitrogens is 4. The van der Waals surface area contributed by atoms with Crippen molar-refractivity contribution in [1.29, 1.82) is 0 Å². The molecule has 19 heavy (non-hydrogen) atoms. The van der Waals surface area contributed by atoms with E-state index in [1.165, 1.54) is 4.70 Å². The summed E-state index contributed by atoms with van der Waals surface area (Å²) in [5.41, 5.74) is 2.99. The van der Waals surface area contributed by atoms with Crippen LogP contribution in [0.3, 0.4) is 0 Å². The topological polar surface area (TPSA) is 51.6 Å². The van der Waals surface area contributed by atoms with Crippen molar-refractivity contribution in [3.8, 4) is 0 Å². The fourth-order valence-corrected chi connectivity index (χ4v) is 3.07. The lowest BCUT2D eigenvalue weighted by atomic mass is 10.1. The molecule has 3 rings (SSSR count). The second-order valence-electron chi connectivity index (χ2n) is 4.60. The maximum Gasteiger partial charge on any atom is 0.125 e. The molecule has 0 radical (unpaired) electrons. The van der Waals surface area contributed by atoms with E-state index >= 15 is 0 Å². The van der Waals surface area contributed by atoms with E-state index in [0.717, 1.165) is 27.7 Å². The van der Waals surface area contributed by atoms with Gasteiger partial charge in [0.25, 0.3) is 0 Å². The Labute approximate surface area is 115 Å². The Hall–Kier alpha value is -1.88. The van der Waals surface area contributed by atoms with Gasteiger partial charge in [-0.05, 0) is 26.0 Å². The number of rotatable bonds is 2. The van der Waals surface area contributed by atoms with Crippen LogP contribution < -0.4 is 0 Å². The molecule has 3 aromatic rings. The summed E-state index contributed by atoms with van der Waals surface area (Å²) in [6.45, 7) is 6.03. The van der Waals surface area contributed by atoms with Gasteiger partial charge in [0.2, 0.25) is 0 Å². The van der Waals surface area contributed by atoms with Crippen LogP contribution in [0, 0.1) is 13.8 Å². The van der Waals surface area contributed by atoms with Crippen LogP contribution in [0.1, 0.15) is 35.1 Å². The number of hydrogen-bond acceptors (Lipinski definition) is 5. The van der Waals surface area contributed by atoms with Gasteiger partial charge in [-0.1, -0.05) is 6.92 Å². The Morgan fingerprint density at radius 2 is 2.00 bits per heavy atom. The summed E-state index contributed by atoms with van der Waals surface area (Å²) in [6.07, 6.45) is 3.63. The fraction of sp³-hybridized carbons (Fsp3) is 0.286. The van der Waals surface area contributed by atoms with Gasteiger partial charge in [0, 0.05) is 11.9 Å². The maximum atomic E-state index is 4.66. The summed E-state index contributed by atoms with van der Waals surface area (Å²) in [5.74, 6) is 0.974.